The molecule has 0 radical (unpaired) electrons. The van der Waals surface area contributed by atoms with Gasteiger partial charge >= 0.3 is 0 Å². The molecule has 0 fully saturated rings. The molecule has 6 nitrogen and oxygen atoms in total. The van der Waals surface area contributed by atoms with Crippen molar-refractivity contribution in [3.05, 3.63) is 70.5 Å². The highest BCUT2D eigenvalue weighted by Crippen LogP contribution is 2.11. The lowest BCUT2D eigenvalue weighted by Gasteiger charge is -2.08. The first-order valence-electron chi connectivity index (χ1n) is 8.26. The summed E-state index contributed by atoms with van der Waals surface area (Å²) in [7, 11) is 0. The van der Waals surface area contributed by atoms with E-state index in [1.165, 1.54) is 10.9 Å². The van der Waals surface area contributed by atoms with E-state index in [0.29, 0.717) is 30.4 Å². The first-order valence-corrected chi connectivity index (χ1v) is 8.26. The van der Waals surface area contributed by atoms with Crippen LogP contribution in [-0.2, 0) is 17.8 Å². The first kappa shape index (κ1) is 16.8. The molecule has 0 spiro atoms. The van der Waals surface area contributed by atoms with E-state index >= 15 is 0 Å². The Labute approximate surface area is 145 Å². The number of carbonyl (C=O) groups is 1. The molecule has 2 aromatic heterocycles. The largest absolute Gasteiger partial charge is 0.356 e. The van der Waals surface area contributed by atoms with E-state index < -0.39 is 0 Å². The van der Waals surface area contributed by atoms with Crippen LogP contribution in [-0.4, -0.2) is 27.0 Å². The van der Waals surface area contributed by atoms with E-state index in [2.05, 4.69) is 15.3 Å². The maximum absolute atomic E-state index is 12.5. The number of para-hydroxylation sites is 1. The number of nitrogens with zero attached hydrogens (tertiary/aromatic N) is 3. The molecule has 1 N–H and O–H groups in total. The van der Waals surface area contributed by atoms with Gasteiger partial charge in [-0.1, -0.05) is 18.2 Å². The van der Waals surface area contributed by atoms with E-state index in [0.717, 1.165) is 11.3 Å². The van der Waals surface area contributed by atoms with Gasteiger partial charge in [0.05, 0.1) is 17.2 Å². The van der Waals surface area contributed by atoms with Gasteiger partial charge in [0.1, 0.15) is 0 Å². The van der Waals surface area contributed by atoms with Crippen molar-refractivity contribution in [2.75, 3.05) is 6.54 Å². The lowest BCUT2D eigenvalue weighted by atomic mass is 10.1. The van der Waals surface area contributed by atoms with Gasteiger partial charge in [-0.15, -0.1) is 0 Å². The molecule has 0 saturated heterocycles. The van der Waals surface area contributed by atoms with Gasteiger partial charge in [0.2, 0.25) is 5.91 Å². The predicted molar refractivity (Wildman–Crippen MR) is 96.3 cm³/mol. The number of nitrogens with one attached hydrogen (secondary N) is 1. The molecule has 0 aliphatic heterocycles. The predicted octanol–water partition coefficient (Wildman–Crippen LogP) is 1.85. The van der Waals surface area contributed by atoms with Crippen LogP contribution in [0.25, 0.3) is 10.9 Å². The third-order valence-electron chi connectivity index (χ3n) is 4.06. The Balaban J connectivity index is 1.56. The second kappa shape index (κ2) is 7.70. The average Bonchev–Trinajstić information content (AvgIpc) is 2.63. The van der Waals surface area contributed by atoms with Crippen LogP contribution in [0.3, 0.4) is 0 Å². The molecule has 0 bridgehead atoms. The van der Waals surface area contributed by atoms with E-state index in [1.54, 1.807) is 12.3 Å². The highest BCUT2D eigenvalue weighted by molar-refractivity contribution is 5.80. The molecule has 3 aromatic rings. The summed E-state index contributed by atoms with van der Waals surface area (Å²) in [6.45, 7) is 2.76. The van der Waals surface area contributed by atoms with Crippen LogP contribution in [0, 0.1) is 6.92 Å². The fourth-order valence-corrected chi connectivity index (χ4v) is 2.68. The van der Waals surface area contributed by atoms with Gasteiger partial charge in [0.15, 0.2) is 0 Å². The number of aromatic nitrogens is 3. The van der Waals surface area contributed by atoms with Crippen LogP contribution in [0.1, 0.15) is 17.7 Å². The van der Waals surface area contributed by atoms with Gasteiger partial charge in [-0.25, -0.2) is 4.98 Å². The number of rotatable bonds is 6. The summed E-state index contributed by atoms with van der Waals surface area (Å²) >= 11 is 0. The van der Waals surface area contributed by atoms with Crippen LogP contribution >= 0.6 is 0 Å². The SMILES string of the molecule is Cc1cccc2c(=O)n(CCC(=O)NCCc3ccccn3)cnc12. The van der Waals surface area contributed by atoms with E-state index in [9.17, 15) is 9.59 Å². The average molecular weight is 336 g/mol. The molecule has 3 rings (SSSR count). The maximum atomic E-state index is 12.5. The fourth-order valence-electron chi connectivity index (χ4n) is 2.68. The Hall–Kier alpha value is -3.02. The molecule has 0 saturated carbocycles. The number of hydrogen-bond acceptors (Lipinski definition) is 4. The third-order valence-corrected chi connectivity index (χ3v) is 4.06. The van der Waals surface area contributed by atoms with Gasteiger partial charge < -0.3 is 5.32 Å². The van der Waals surface area contributed by atoms with Crippen LogP contribution in [0.15, 0.2) is 53.7 Å². The molecule has 2 heterocycles. The number of hydrogen-bond donors (Lipinski definition) is 1. The number of aryl methyl sites for hydroxylation is 2. The quantitative estimate of drug-likeness (QED) is 0.745. The lowest BCUT2D eigenvalue weighted by molar-refractivity contribution is -0.121. The van der Waals surface area contributed by atoms with Crippen molar-refractivity contribution in [2.45, 2.75) is 26.3 Å². The molecule has 0 atom stereocenters. The zero-order valence-electron chi connectivity index (χ0n) is 14.1. The normalized spacial score (nSPS) is 10.8. The summed E-state index contributed by atoms with van der Waals surface area (Å²) in [6, 6.07) is 11.2. The van der Waals surface area contributed by atoms with Crippen molar-refractivity contribution in [3.8, 4) is 0 Å². The maximum Gasteiger partial charge on any atom is 0.261 e. The van der Waals surface area contributed by atoms with Crippen molar-refractivity contribution >= 4 is 16.8 Å². The van der Waals surface area contributed by atoms with Crippen molar-refractivity contribution in [1.82, 2.24) is 19.9 Å². The first-order chi connectivity index (χ1) is 12.1. The summed E-state index contributed by atoms with van der Waals surface area (Å²) in [5.74, 6) is -0.0906. The molecule has 0 aliphatic carbocycles. The second-order valence-corrected chi connectivity index (χ2v) is 5.89. The highest BCUT2D eigenvalue weighted by Gasteiger charge is 2.07. The van der Waals surface area contributed by atoms with Gasteiger partial charge in [-0.2, -0.15) is 0 Å². The summed E-state index contributed by atoms with van der Waals surface area (Å²) in [5, 5.41) is 3.43. The number of carbonyl (C=O) groups excluding carboxylic acids is 1. The fraction of sp³-hybridized carbons (Fsp3) is 0.263. The summed E-state index contributed by atoms with van der Waals surface area (Å²) in [4.78, 5) is 33.0. The minimum atomic E-state index is -0.116. The van der Waals surface area contributed by atoms with Crippen LogP contribution in [0.5, 0.6) is 0 Å². The second-order valence-electron chi connectivity index (χ2n) is 5.89. The Kier molecular flexibility index (Phi) is 5.18. The molecule has 0 unspecified atom stereocenters. The van der Waals surface area contributed by atoms with Crippen molar-refractivity contribution in [3.63, 3.8) is 0 Å². The van der Waals surface area contributed by atoms with Crippen LogP contribution < -0.4 is 10.9 Å². The van der Waals surface area contributed by atoms with E-state index in [1.807, 2.05) is 37.3 Å². The van der Waals surface area contributed by atoms with Crippen LogP contribution in [0.2, 0.25) is 0 Å². The van der Waals surface area contributed by atoms with E-state index in [-0.39, 0.29) is 17.9 Å². The van der Waals surface area contributed by atoms with Crippen molar-refractivity contribution < 1.29 is 4.79 Å². The molecule has 1 aromatic carbocycles. The number of pyridine rings is 1. The van der Waals surface area contributed by atoms with Crippen molar-refractivity contribution in [2.24, 2.45) is 0 Å². The van der Waals surface area contributed by atoms with E-state index in [4.69, 9.17) is 0 Å². The molecule has 25 heavy (non-hydrogen) atoms. The topological polar surface area (TPSA) is 76.9 Å². The Bertz CT molecular complexity index is 935. The molecular formula is C19H20N4O2. The Morgan fingerprint density at radius 3 is 2.84 bits per heavy atom. The van der Waals surface area contributed by atoms with Gasteiger partial charge in [0.25, 0.3) is 5.56 Å². The number of fused-ring (bicyclic) bond motifs is 1. The number of amides is 1. The standard InChI is InChI=1S/C19H20N4O2/c1-14-5-4-7-16-18(14)22-13-23(19(16)25)12-9-17(24)21-11-8-15-6-2-3-10-20-15/h2-7,10,13H,8-9,11-12H2,1H3,(H,21,24). The zero-order valence-corrected chi connectivity index (χ0v) is 14.1. The molecule has 0 aliphatic rings. The third kappa shape index (κ3) is 4.09. The summed E-state index contributed by atoms with van der Waals surface area (Å²) in [5.41, 5.74) is 2.50. The van der Waals surface area contributed by atoms with Gasteiger partial charge in [-0.05, 0) is 30.7 Å². The minimum absolute atomic E-state index is 0.0906. The lowest BCUT2D eigenvalue weighted by Crippen LogP contribution is -2.29. The molecule has 1 amide bonds. The zero-order chi connectivity index (χ0) is 17.6. The smallest absolute Gasteiger partial charge is 0.261 e. The van der Waals surface area contributed by atoms with Gasteiger partial charge in [0, 0.05) is 37.8 Å². The monoisotopic (exact) mass is 336 g/mol. The highest BCUT2D eigenvalue weighted by atomic mass is 16.1. The van der Waals surface area contributed by atoms with Gasteiger partial charge in [-0.3, -0.25) is 19.1 Å². The molecule has 128 valence electrons. The molecular weight excluding hydrogens is 316 g/mol. The van der Waals surface area contributed by atoms with Crippen LogP contribution in [0.4, 0.5) is 0 Å². The Morgan fingerprint density at radius 2 is 2.04 bits per heavy atom. The van der Waals surface area contributed by atoms with Crippen molar-refractivity contribution in [1.29, 1.82) is 0 Å². The number of benzene rings is 1. The summed E-state index contributed by atoms with van der Waals surface area (Å²) < 4.78 is 1.49. The molecule has 6 heteroatoms. The summed E-state index contributed by atoms with van der Waals surface area (Å²) in [6.07, 6.45) is 4.17. The Morgan fingerprint density at radius 1 is 1.16 bits per heavy atom. The minimum Gasteiger partial charge on any atom is -0.356 e.